The number of carbonyl (C=O) groups is 2. The van der Waals surface area contributed by atoms with Gasteiger partial charge in [0.25, 0.3) is 5.91 Å². The second kappa shape index (κ2) is 8.52. The summed E-state index contributed by atoms with van der Waals surface area (Å²) >= 11 is 0. The van der Waals surface area contributed by atoms with Gasteiger partial charge in [-0.3, -0.25) is 9.59 Å². The number of ether oxygens (including phenoxy) is 1. The maximum Gasteiger partial charge on any atom is 0.347 e. The highest BCUT2D eigenvalue weighted by Gasteiger charge is 2.51. The minimum atomic E-state index is -2.11. The first kappa shape index (κ1) is 22.6. The molecule has 0 saturated heterocycles. The van der Waals surface area contributed by atoms with Crippen LogP contribution in [0.2, 0.25) is 0 Å². The molecule has 176 valence electrons. The number of hydrogen-bond acceptors (Lipinski definition) is 6. The summed E-state index contributed by atoms with van der Waals surface area (Å²) in [5.41, 5.74) is -0.171. The van der Waals surface area contributed by atoms with E-state index in [-0.39, 0.29) is 17.7 Å². The van der Waals surface area contributed by atoms with Gasteiger partial charge < -0.3 is 19.2 Å². The van der Waals surface area contributed by atoms with E-state index in [1.54, 1.807) is 42.5 Å². The van der Waals surface area contributed by atoms with Gasteiger partial charge in [-0.05, 0) is 36.2 Å². The second-order valence-corrected chi connectivity index (χ2v) is 8.62. The molecule has 1 atom stereocenters. The summed E-state index contributed by atoms with van der Waals surface area (Å²) in [5, 5.41) is 12.1. The molecule has 2 heterocycles. The van der Waals surface area contributed by atoms with E-state index in [0.29, 0.717) is 22.4 Å². The number of hydrogen-bond donors (Lipinski definition) is 1. The summed E-state index contributed by atoms with van der Waals surface area (Å²) in [7, 11) is 1.45. The molecule has 0 aliphatic carbocycles. The molecule has 1 aromatic heterocycles. The lowest BCUT2D eigenvalue weighted by molar-refractivity contribution is -0.136. The van der Waals surface area contributed by atoms with Crippen LogP contribution >= 0.6 is 0 Å². The Morgan fingerprint density at radius 2 is 1.77 bits per heavy atom. The van der Waals surface area contributed by atoms with Gasteiger partial charge in [-0.2, -0.15) is 0 Å². The number of fused-ring (bicyclic) bond motifs is 2. The second-order valence-electron chi connectivity index (χ2n) is 8.62. The number of anilines is 1. The summed E-state index contributed by atoms with van der Waals surface area (Å²) in [6, 6.07) is 21.0. The number of aryl methyl sites for hydroxylation is 1. The average Bonchev–Trinajstić information content (AvgIpc) is 3.06. The van der Waals surface area contributed by atoms with E-state index in [1.807, 2.05) is 31.2 Å². The van der Waals surface area contributed by atoms with Crippen molar-refractivity contribution in [1.82, 2.24) is 0 Å². The highest BCUT2D eigenvalue weighted by Crippen LogP contribution is 2.43. The van der Waals surface area contributed by atoms with Crippen LogP contribution in [0.1, 0.15) is 33.5 Å². The van der Waals surface area contributed by atoms with Crippen LogP contribution in [0.4, 0.5) is 5.69 Å². The Balaban J connectivity index is 1.52. The number of methoxy groups -OCH3 is 1. The molecule has 3 aromatic carbocycles. The summed E-state index contributed by atoms with van der Waals surface area (Å²) in [4.78, 5) is 41.0. The zero-order valence-electron chi connectivity index (χ0n) is 19.3. The van der Waals surface area contributed by atoms with Gasteiger partial charge in [0.05, 0.1) is 25.8 Å². The van der Waals surface area contributed by atoms with E-state index in [0.717, 1.165) is 11.1 Å². The van der Waals surface area contributed by atoms with Gasteiger partial charge in [-0.25, -0.2) is 4.79 Å². The largest absolute Gasteiger partial charge is 0.493 e. The standard InChI is InChI=1S/C28H23NO6/c1-17-8-3-4-9-19(17)16-29-22-12-6-5-11-21(22)28(33,27(29)32)15-23(30)20-14-18-10-7-13-24(34-2)25(18)35-26(20)31/h3-14,33H,15-16H2,1-2H3. The minimum absolute atomic E-state index is 0.224. The number of aliphatic hydroxyl groups is 1. The fourth-order valence-electron chi connectivity index (χ4n) is 4.59. The lowest BCUT2D eigenvalue weighted by Crippen LogP contribution is -2.42. The van der Waals surface area contributed by atoms with Crippen LogP contribution in [0.15, 0.2) is 82.0 Å². The van der Waals surface area contributed by atoms with Gasteiger partial charge in [0.2, 0.25) is 0 Å². The Bertz CT molecular complexity index is 1540. The van der Waals surface area contributed by atoms with Crippen molar-refractivity contribution in [3.8, 4) is 5.75 Å². The van der Waals surface area contributed by atoms with E-state index in [1.165, 1.54) is 18.1 Å². The summed E-state index contributed by atoms with van der Waals surface area (Å²) in [6.45, 7) is 2.20. The third-order valence-corrected chi connectivity index (χ3v) is 6.49. The van der Waals surface area contributed by atoms with Crippen LogP contribution < -0.4 is 15.3 Å². The zero-order chi connectivity index (χ0) is 24.7. The van der Waals surface area contributed by atoms with E-state index >= 15 is 0 Å². The third kappa shape index (κ3) is 3.70. The number of Topliss-reactive ketones (excluding diaryl/α,β-unsaturated/α-hetero) is 1. The molecule has 0 radical (unpaired) electrons. The van der Waals surface area contributed by atoms with Crippen molar-refractivity contribution in [3.63, 3.8) is 0 Å². The maximum absolute atomic E-state index is 13.6. The maximum atomic E-state index is 13.6. The molecule has 1 unspecified atom stereocenters. The summed E-state index contributed by atoms with van der Waals surface area (Å²) < 4.78 is 10.6. The van der Waals surface area contributed by atoms with Crippen LogP contribution in [0.5, 0.6) is 5.75 Å². The normalized spacial score (nSPS) is 17.0. The van der Waals surface area contributed by atoms with Crippen molar-refractivity contribution >= 4 is 28.3 Å². The van der Waals surface area contributed by atoms with Crippen LogP contribution in [-0.4, -0.2) is 23.9 Å². The highest BCUT2D eigenvalue weighted by molar-refractivity contribution is 6.11. The Morgan fingerprint density at radius 3 is 2.54 bits per heavy atom. The fourth-order valence-corrected chi connectivity index (χ4v) is 4.59. The number of rotatable bonds is 6. The number of amides is 1. The predicted octanol–water partition coefficient (Wildman–Crippen LogP) is 4.12. The van der Waals surface area contributed by atoms with Gasteiger partial charge >= 0.3 is 5.63 Å². The first-order valence-corrected chi connectivity index (χ1v) is 11.2. The SMILES string of the molecule is COc1cccc2cc(C(=O)CC3(O)C(=O)N(Cc4ccccc4C)c4ccccc43)c(=O)oc12. The molecule has 7 nitrogen and oxygen atoms in total. The van der Waals surface area contributed by atoms with Crippen LogP contribution in [0.25, 0.3) is 11.0 Å². The van der Waals surface area contributed by atoms with Crippen LogP contribution in [0.3, 0.4) is 0 Å². The fraction of sp³-hybridized carbons (Fsp3) is 0.179. The minimum Gasteiger partial charge on any atom is -0.493 e. The molecule has 1 amide bonds. The van der Waals surface area contributed by atoms with Gasteiger partial charge in [0, 0.05) is 10.9 Å². The molecular formula is C28H23NO6. The molecule has 1 aliphatic heterocycles. The summed E-state index contributed by atoms with van der Waals surface area (Å²) in [6.07, 6.45) is -0.590. The van der Waals surface area contributed by atoms with Crippen molar-refractivity contribution in [2.75, 3.05) is 12.0 Å². The molecule has 0 spiro atoms. The number of para-hydroxylation sites is 2. The molecule has 1 aliphatic rings. The molecule has 7 heteroatoms. The molecule has 0 saturated carbocycles. The van der Waals surface area contributed by atoms with Crippen molar-refractivity contribution in [1.29, 1.82) is 0 Å². The predicted molar refractivity (Wildman–Crippen MR) is 131 cm³/mol. The topological polar surface area (TPSA) is 97.0 Å². The summed E-state index contributed by atoms with van der Waals surface area (Å²) in [5.74, 6) is -0.932. The first-order chi connectivity index (χ1) is 16.8. The van der Waals surface area contributed by atoms with Crippen LogP contribution in [-0.2, 0) is 16.9 Å². The number of nitrogens with zero attached hydrogens (tertiary/aromatic N) is 1. The van der Waals surface area contributed by atoms with Gasteiger partial charge in [-0.1, -0.05) is 54.6 Å². The third-order valence-electron chi connectivity index (χ3n) is 6.49. The highest BCUT2D eigenvalue weighted by atomic mass is 16.5. The van der Waals surface area contributed by atoms with Gasteiger partial charge in [-0.15, -0.1) is 0 Å². The van der Waals surface area contributed by atoms with E-state index in [2.05, 4.69) is 0 Å². The molecule has 4 aromatic rings. The molecular weight excluding hydrogens is 446 g/mol. The first-order valence-electron chi connectivity index (χ1n) is 11.2. The Hall–Kier alpha value is -4.23. The lowest BCUT2D eigenvalue weighted by Gasteiger charge is -2.23. The Morgan fingerprint density at radius 1 is 1.03 bits per heavy atom. The molecule has 0 fully saturated rings. The van der Waals surface area contributed by atoms with Crippen molar-refractivity contribution < 1.29 is 23.8 Å². The van der Waals surface area contributed by atoms with E-state index in [4.69, 9.17) is 9.15 Å². The van der Waals surface area contributed by atoms with Crippen molar-refractivity contribution in [2.24, 2.45) is 0 Å². The smallest absolute Gasteiger partial charge is 0.347 e. The lowest BCUT2D eigenvalue weighted by atomic mass is 9.88. The van der Waals surface area contributed by atoms with E-state index in [9.17, 15) is 19.5 Å². The number of benzene rings is 3. The zero-order valence-corrected chi connectivity index (χ0v) is 19.3. The molecule has 5 rings (SSSR count). The Labute approximate surface area is 201 Å². The van der Waals surface area contributed by atoms with E-state index < -0.39 is 29.3 Å². The van der Waals surface area contributed by atoms with Crippen molar-refractivity contribution in [3.05, 3.63) is 105 Å². The monoisotopic (exact) mass is 469 g/mol. The molecule has 1 N–H and O–H groups in total. The number of carbonyl (C=O) groups excluding carboxylic acids is 2. The molecule has 35 heavy (non-hydrogen) atoms. The average molecular weight is 469 g/mol. The van der Waals surface area contributed by atoms with Crippen LogP contribution in [0, 0.1) is 6.92 Å². The number of ketones is 1. The van der Waals surface area contributed by atoms with Gasteiger partial charge in [0.1, 0.15) is 5.56 Å². The molecule has 0 bridgehead atoms. The Kier molecular flexibility index (Phi) is 5.49. The quantitative estimate of drug-likeness (QED) is 0.337. The van der Waals surface area contributed by atoms with Gasteiger partial charge in [0.15, 0.2) is 22.7 Å². The van der Waals surface area contributed by atoms with Crippen molar-refractivity contribution in [2.45, 2.75) is 25.5 Å².